The molecule has 2 rings (SSSR count). The van der Waals surface area contributed by atoms with Crippen molar-refractivity contribution in [2.75, 3.05) is 39.8 Å². The second kappa shape index (κ2) is 9.15. The van der Waals surface area contributed by atoms with E-state index in [0.717, 1.165) is 0 Å². The minimum Gasteiger partial charge on any atom is -0.492 e. The molecule has 0 radical (unpaired) electrons. The fourth-order valence-corrected chi connectivity index (χ4v) is 2.81. The van der Waals surface area contributed by atoms with E-state index in [2.05, 4.69) is 15.6 Å². The average Bonchev–Trinajstić information content (AvgIpc) is 2.95. The van der Waals surface area contributed by atoms with Crippen LogP contribution in [0.15, 0.2) is 29.3 Å². The summed E-state index contributed by atoms with van der Waals surface area (Å²) in [5.74, 6) is 1.23. The Hall–Kier alpha value is -1.67. The van der Waals surface area contributed by atoms with Crippen LogP contribution < -0.4 is 15.4 Å². The summed E-state index contributed by atoms with van der Waals surface area (Å²) < 4.78 is 42.8. The van der Waals surface area contributed by atoms with E-state index < -0.39 is 12.7 Å². The highest BCUT2D eigenvalue weighted by Gasteiger charge is 2.34. The smallest absolute Gasteiger partial charge is 0.401 e. The summed E-state index contributed by atoms with van der Waals surface area (Å²) in [7, 11) is 1.62. The minimum absolute atomic E-state index is 0.0533. The number of guanidine groups is 1. The number of nitrogens with one attached hydrogen (secondary N) is 2. The maximum atomic E-state index is 12.4. The van der Waals surface area contributed by atoms with Crippen LogP contribution in [0.2, 0.25) is 5.02 Å². The Morgan fingerprint density at radius 3 is 2.92 bits per heavy atom. The molecule has 1 atom stereocenters. The van der Waals surface area contributed by atoms with Gasteiger partial charge in [-0.2, -0.15) is 13.2 Å². The SMILES string of the molecule is CN=C(NCCOc1cccc(Cl)c1)NC1CCN(CC(F)(F)F)C1. The lowest BCUT2D eigenvalue weighted by atomic mass is 10.3. The van der Waals surface area contributed by atoms with Gasteiger partial charge in [0.25, 0.3) is 0 Å². The molecule has 1 aliphatic rings. The molecule has 1 heterocycles. The summed E-state index contributed by atoms with van der Waals surface area (Å²) in [6.07, 6.45) is -3.51. The van der Waals surface area contributed by atoms with Gasteiger partial charge in [0.2, 0.25) is 0 Å². The Morgan fingerprint density at radius 2 is 2.24 bits per heavy atom. The standard InChI is InChI=1S/C16H22ClF3N4O/c1-21-15(22-6-8-25-14-4-2-3-12(17)9-14)23-13-5-7-24(10-13)11-16(18,19)20/h2-4,9,13H,5-8,10-11H2,1H3,(H2,21,22,23). The Morgan fingerprint density at radius 1 is 1.44 bits per heavy atom. The normalized spacial score (nSPS) is 19.1. The second-order valence-electron chi connectivity index (χ2n) is 5.79. The topological polar surface area (TPSA) is 48.9 Å². The molecule has 0 aromatic heterocycles. The minimum atomic E-state index is -4.16. The van der Waals surface area contributed by atoms with E-state index >= 15 is 0 Å². The zero-order chi connectivity index (χ0) is 18.3. The maximum absolute atomic E-state index is 12.4. The van der Waals surface area contributed by atoms with Crippen LogP contribution in [-0.2, 0) is 0 Å². The van der Waals surface area contributed by atoms with Crippen molar-refractivity contribution in [1.82, 2.24) is 15.5 Å². The first-order chi connectivity index (χ1) is 11.9. The fourth-order valence-electron chi connectivity index (χ4n) is 2.63. The molecular weight excluding hydrogens is 357 g/mol. The third kappa shape index (κ3) is 7.39. The van der Waals surface area contributed by atoms with Gasteiger partial charge >= 0.3 is 6.18 Å². The van der Waals surface area contributed by atoms with E-state index in [4.69, 9.17) is 16.3 Å². The van der Waals surface area contributed by atoms with Gasteiger partial charge in [-0.05, 0) is 24.6 Å². The van der Waals surface area contributed by atoms with Gasteiger partial charge in [0.05, 0.1) is 13.1 Å². The van der Waals surface area contributed by atoms with Crippen molar-refractivity contribution in [3.63, 3.8) is 0 Å². The number of rotatable bonds is 6. The highest BCUT2D eigenvalue weighted by molar-refractivity contribution is 6.30. The molecule has 1 saturated heterocycles. The van der Waals surface area contributed by atoms with Crippen molar-refractivity contribution in [3.8, 4) is 5.75 Å². The van der Waals surface area contributed by atoms with Crippen LogP contribution in [0.25, 0.3) is 0 Å². The first-order valence-electron chi connectivity index (χ1n) is 8.00. The molecule has 2 N–H and O–H groups in total. The molecule has 0 aliphatic carbocycles. The van der Waals surface area contributed by atoms with E-state index in [-0.39, 0.29) is 6.04 Å². The molecule has 1 aromatic rings. The number of aliphatic imine (C=N–C) groups is 1. The van der Waals surface area contributed by atoms with Gasteiger partial charge < -0.3 is 15.4 Å². The third-order valence-electron chi connectivity index (χ3n) is 3.70. The average molecular weight is 379 g/mol. The van der Waals surface area contributed by atoms with Crippen molar-refractivity contribution in [2.45, 2.75) is 18.6 Å². The predicted molar refractivity (Wildman–Crippen MR) is 92.3 cm³/mol. The molecule has 1 unspecified atom stereocenters. The summed E-state index contributed by atoms with van der Waals surface area (Å²) >= 11 is 5.88. The summed E-state index contributed by atoms with van der Waals surface area (Å²) in [4.78, 5) is 5.48. The number of nitrogens with zero attached hydrogens (tertiary/aromatic N) is 2. The molecule has 0 bridgehead atoms. The number of ether oxygens (including phenoxy) is 1. The number of alkyl halides is 3. The molecule has 1 fully saturated rings. The largest absolute Gasteiger partial charge is 0.492 e. The number of benzene rings is 1. The van der Waals surface area contributed by atoms with Gasteiger partial charge in [-0.1, -0.05) is 17.7 Å². The van der Waals surface area contributed by atoms with Crippen molar-refractivity contribution >= 4 is 17.6 Å². The molecule has 0 saturated carbocycles. The quantitative estimate of drug-likeness (QED) is 0.454. The number of hydrogen-bond acceptors (Lipinski definition) is 3. The van der Waals surface area contributed by atoms with Crippen molar-refractivity contribution in [2.24, 2.45) is 4.99 Å². The molecule has 1 aromatic carbocycles. The van der Waals surface area contributed by atoms with E-state index in [0.29, 0.717) is 49.4 Å². The molecule has 9 heteroatoms. The number of hydrogen-bond donors (Lipinski definition) is 2. The van der Waals surface area contributed by atoms with Gasteiger partial charge in [0.1, 0.15) is 12.4 Å². The summed E-state index contributed by atoms with van der Waals surface area (Å²) in [6, 6.07) is 7.05. The Bertz CT molecular complexity index is 583. The lowest BCUT2D eigenvalue weighted by Crippen LogP contribution is -2.46. The van der Waals surface area contributed by atoms with Crippen molar-refractivity contribution in [3.05, 3.63) is 29.3 Å². The highest BCUT2D eigenvalue weighted by Crippen LogP contribution is 2.20. The van der Waals surface area contributed by atoms with Gasteiger partial charge in [-0.25, -0.2) is 0 Å². The van der Waals surface area contributed by atoms with Crippen LogP contribution >= 0.6 is 11.6 Å². The zero-order valence-corrected chi connectivity index (χ0v) is 14.7. The van der Waals surface area contributed by atoms with Gasteiger partial charge in [-0.3, -0.25) is 9.89 Å². The first kappa shape index (κ1) is 19.7. The zero-order valence-electron chi connectivity index (χ0n) is 13.9. The molecule has 25 heavy (non-hydrogen) atoms. The van der Waals surface area contributed by atoms with Gasteiger partial charge in [0, 0.05) is 31.2 Å². The number of likely N-dealkylation sites (tertiary alicyclic amines) is 1. The summed E-state index contributed by atoms with van der Waals surface area (Å²) in [5.41, 5.74) is 0. The Balaban J connectivity index is 1.67. The van der Waals surface area contributed by atoms with Crippen molar-refractivity contribution < 1.29 is 17.9 Å². The van der Waals surface area contributed by atoms with E-state index in [9.17, 15) is 13.2 Å². The molecule has 0 spiro atoms. The van der Waals surface area contributed by atoms with Crippen LogP contribution in [0.4, 0.5) is 13.2 Å². The van der Waals surface area contributed by atoms with Crippen LogP contribution in [0.1, 0.15) is 6.42 Å². The second-order valence-corrected chi connectivity index (χ2v) is 6.22. The van der Waals surface area contributed by atoms with Crippen LogP contribution in [0.5, 0.6) is 5.75 Å². The monoisotopic (exact) mass is 378 g/mol. The molecular formula is C16H22ClF3N4O. The predicted octanol–water partition coefficient (Wildman–Crippen LogP) is 2.52. The fraction of sp³-hybridized carbons (Fsp3) is 0.562. The van der Waals surface area contributed by atoms with Crippen LogP contribution in [-0.4, -0.2) is 62.9 Å². The van der Waals surface area contributed by atoms with Gasteiger partial charge in [0.15, 0.2) is 5.96 Å². The maximum Gasteiger partial charge on any atom is 0.401 e. The van der Waals surface area contributed by atoms with E-state index in [1.165, 1.54) is 4.90 Å². The summed E-state index contributed by atoms with van der Waals surface area (Å²) in [6.45, 7) is 0.813. The Kier molecular flexibility index (Phi) is 7.19. The van der Waals surface area contributed by atoms with Crippen LogP contribution in [0.3, 0.4) is 0 Å². The molecule has 1 aliphatic heterocycles. The number of halogens is 4. The summed E-state index contributed by atoms with van der Waals surface area (Å²) in [5, 5.41) is 6.83. The third-order valence-corrected chi connectivity index (χ3v) is 3.93. The van der Waals surface area contributed by atoms with E-state index in [1.54, 1.807) is 25.2 Å². The van der Waals surface area contributed by atoms with Crippen molar-refractivity contribution in [1.29, 1.82) is 0 Å². The lowest BCUT2D eigenvalue weighted by molar-refractivity contribution is -0.143. The van der Waals surface area contributed by atoms with Crippen LogP contribution in [0, 0.1) is 0 Å². The lowest BCUT2D eigenvalue weighted by Gasteiger charge is -2.19. The first-order valence-corrected chi connectivity index (χ1v) is 8.38. The van der Waals surface area contributed by atoms with Gasteiger partial charge in [-0.15, -0.1) is 0 Å². The molecule has 0 amide bonds. The Labute approximate surface area is 150 Å². The molecule has 140 valence electrons. The molecule has 5 nitrogen and oxygen atoms in total. The highest BCUT2D eigenvalue weighted by atomic mass is 35.5. The van der Waals surface area contributed by atoms with E-state index in [1.807, 2.05) is 6.07 Å².